The van der Waals surface area contributed by atoms with Crippen LogP contribution in [0.2, 0.25) is 0 Å². The lowest BCUT2D eigenvalue weighted by Gasteiger charge is -2.06. The zero-order valence-corrected chi connectivity index (χ0v) is 18.2. The third kappa shape index (κ3) is 23.9. The van der Waals surface area contributed by atoms with Crippen LogP contribution in [-0.2, 0) is 0 Å². The fraction of sp³-hybridized carbons (Fsp3) is 1.00. The van der Waals surface area contributed by atoms with Gasteiger partial charge in [-0.05, 0) is 13.0 Å². The quantitative estimate of drug-likeness (QED) is 0.145. The predicted octanol–water partition coefficient (Wildman–Crippen LogP) is 8.68. The second kappa shape index (κ2) is 24.9. The second-order valence-electron chi connectivity index (χ2n) is 8.32. The van der Waals surface area contributed by atoms with Gasteiger partial charge in [0.25, 0.3) is 0 Å². The lowest BCUT2D eigenvalue weighted by Crippen LogP contribution is -2.04. The molecule has 0 rings (SSSR count). The Balaban J connectivity index is 2.95. The number of rotatable bonds is 23. The van der Waals surface area contributed by atoms with Crippen LogP contribution in [0.15, 0.2) is 0 Å². The summed E-state index contributed by atoms with van der Waals surface area (Å²) in [5.41, 5.74) is 1.98. The van der Waals surface area contributed by atoms with Crippen molar-refractivity contribution in [2.45, 2.75) is 148 Å². The van der Waals surface area contributed by atoms with Crippen molar-refractivity contribution < 1.29 is 0 Å². The van der Waals surface area contributed by atoms with Crippen molar-refractivity contribution in [1.82, 2.24) is 5.48 Å². The maximum absolute atomic E-state index is 10.1. The molecule has 0 saturated carbocycles. The van der Waals surface area contributed by atoms with Crippen molar-refractivity contribution in [2.24, 2.45) is 0 Å². The van der Waals surface area contributed by atoms with Crippen molar-refractivity contribution in [3.05, 3.63) is 5.21 Å². The molecule has 0 aromatic rings. The standard InChI is InChI=1S/C24H50NO/c1-2-3-4-5-6-7-8-9-10-11-12-13-14-15-16-17-18-19-20-21-22-23-24-25-26/h25H,2-24H2,1H3/q-1. The van der Waals surface area contributed by atoms with Crippen molar-refractivity contribution in [3.8, 4) is 0 Å². The minimum atomic E-state index is 0.638. The van der Waals surface area contributed by atoms with Gasteiger partial charge in [0.2, 0.25) is 0 Å². The molecule has 0 amide bonds. The van der Waals surface area contributed by atoms with E-state index < -0.39 is 0 Å². The van der Waals surface area contributed by atoms with Gasteiger partial charge in [0.1, 0.15) is 0 Å². The van der Waals surface area contributed by atoms with Gasteiger partial charge in [-0.3, -0.25) is 0 Å². The van der Waals surface area contributed by atoms with Crippen LogP contribution in [0.4, 0.5) is 0 Å². The van der Waals surface area contributed by atoms with E-state index in [9.17, 15) is 5.21 Å². The summed E-state index contributed by atoms with van der Waals surface area (Å²) < 4.78 is 0. The Bertz CT molecular complexity index is 208. The van der Waals surface area contributed by atoms with E-state index in [1.54, 1.807) is 0 Å². The van der Waals surface area contributed by atoms with Gasteiger partial charge >= 0.3 is 0 Å². The molecule has 0 bridgehead atoms. The zero-order valence-electron chi connectivity index (χ0n) is 18.2. The van der Waals surface area contributed by atoms with E-state index in [1.807, 2.05) is 5.48 Å². The van der Waals surface area contributed by atoms with Crippen LogP contribution in [0, 0.1) is 5.21 Å². The van der Waals surface area contributed by atoms with Gasteiger partial charge in [0.05, 0.1) is 0 Å². The lowest BCUT2D eigenvalue weighted by atomic mass is 10.0. The van der Waals surface area contributed by atoms with Gasteiger partial charge in [0.15, 0.2) is 0 Å². The van der Waals surface area contributed by atoms with E-state index in [1.165, 1.54) is 135 Å². The van der Waals surface area contributed by atoms with E-state index in [0.717, 1.165) is 6.42 Å². The largest absolute Gasteiger partial charge is 0.788 e. The molecule has 0 aromatic carbocycles. The molecule has 0 aliphatic carbocycles. The highest BCUT2D eigenvalue weighted by Gasteiger charge is 1.95. The van der Waals surface area contributed by atoms with Crippen LogP contribution in [0.25, 0.3) is 0 Å². The molecule has 26 heavy (non-hydrogen) atoms. The average Bonchev–Trinajstić information content (AvgIpc) is 2.66. The first-order chi connectivity index (χ1) is 12.9. The number of unbranched alkanes of at least 4 members (excludes halogenated alkanes) is 21. The van der Waals surface area contributed by atoms with Gasteiger partial charge in [-0.25, -0.2) is 0 Å². The van der Waals surface area contributed by atoms with E-state index in [-0.39, 0.29) is 0 Å². The number of hydroxylamine groups is 1. The van der Waals surface area contributed by atoms with Gasteiger partial charge in [-0.1, -0.05) is 142 Å². The molecule has 0 saturated heterocycles. The lowest BCUT2D eigenvalue weighted by molar-refractivity contribution is 0.519. The molecule has 0 radical (unpaired) electrons. The van der Waals surface area contributed by atoms with E-state index in [4.69, 9.17) is 0 Å². The fourth-order valence-electron chi connectivity index (χ4n) is 3.81. The summed E-state index contributed by atoms with van der Waals surface area (Å²) in [5.74, 6) is 0. The maximum Gasteiger partial charge on any atom is -0.0170 e. The molecular formula is C24H50NO-. The highest BCUT2D eigenvalue weighted by atomic mass is 16.5. The Labute approximate surface area is 165 Å². The summed E-state index contributed by atoms with van der Waals surface area (Å²) in [6.45, 7) is 2.93. The van der Waals surface area contributed by atoms with Gasteiger partial charge < -0.3 is 10.7 Å². The number of hydrogen-bond acceptors (Lipinski definition) is 2. The normalized spacial score (nSPS) is 11.3. The molecule has 0 heterocycles. The molecule has 0 fully saturated rings. The first-order valence-electron chi connectivity index (χ1n) is 12.3. The molecule has 0 atom stereocenters. The van der Waals surface area contributed by atoms with Crippen LogP contribution in [0.3, 0.4) is 0 Å². The van der Waals surface area contributed by atoms with E-state index in [2.05, 4.69) is 6.92 Å². The maximum atomic E-state index is 10.1. The van der Waals surface area contributed by atoms with Crippen LogP contribution >= 0.6 is 0 Å². The fourth-order valence-corrected chi connectivity index (χ4v) is 3.81. The molecule has 0 unspecified atom stereocenters. The topological polar surface area (TPSA) is 35.1 Å². The van der Waals surface area contributed by atoms with Crippen molar-refractivity contribution in [1.29, 1.82) is 0 Å². The smallest absolute Gasteiger partial charge is 0.0170 e. The first-order valence-corrected chi connectivity index (χ1v) is 12.3. The second-order valence-corrected chi connectivity index (χ2v) is 8.32. The van der Waals surface area contributed by atoms with E-state index in [0.29, 0.717) is 6.54 Å². The van der Waals surface area contributed by atoms with Crippen LogP contribution in [-0.4, -0.2) is 6.54 Å². The monoisotopic (exact) mass is 368 g/mol. The summed E-state index contributed by atoms with van der Waals surface area (Å²) in [6, 6.07) is 0. The Morgan fingerprint density at radius 1 is 0.385 bits per heavy atom. The zero-order chi connectivity index (χ0) is 19.0. The molecule has 0 aliphatic rings. The minimum absolute atomic E-state index is 0.638. The SMILES string of the molecule is CCCCCCCCCCCCCCCCCCCCCCCCN[O-]. The van der Waals surface area contributed by atoms with Gasteiger partial charge in [0, 0.05) is 0 Å². The predicted molar refractivity (Wildman–Crippen MR) is 119 cm³/mol. The summed E-state index contributed by atoms with van der Waals surface area (Å²) in [6.07, 6.45) is 31.0. The van der Waals surface area contributed by atoms with E-state index >= 15 is 0 Å². The molecule has 158 valence electrons. The highest BCUT2D eigenvalue weighted by Crippen LogP contribution is 2.15. The Hall–Kier alpha value is -0.0800. The molecular weight excluding hydrogens is 318 g/mol. The Morgan fingerprint density at radius 2 is 0.615 bits per heavy atom. The van der Waals surface area contributed by atoms with Gasteiger partial charge in [-0.2, -0.15) is 0 Å². The third-order valence-electron chi connectivity index (χ3n) is 5.63. The average molecular weight is 369 g/mol. The highest BCUT2D eigenvalue weighted by molar-refractivity contribution is 4.52. The molecule has 2 nitrogen and oxygen atoms in total. The van der Waals surface area contributed by atoms with Crippen LogP contribution in [0.1, 0.15) is 148 Å². The van der Waals surface area contributed by atoms with Crippen molar-refractivity contribution >= 4 is 0 Å². The first kappa shape index (κ1) is 25.9. The molecule has 0 spiro atoms. The number of hydrogen-bond donors (Lipinski definition) is 1. The summed E-state index contributed by atoms with van der Waals surface area (Å²) in [4.78, 5) is 0. The Morgan fingerprint density at radius 3 is 0.846 bits per heavy atom. The molecule has 2 heteroatoms. The van der Waals surface area contributed by atoms with Crippen LogP contribution in [0.5, 0.6) is 0 Å². The summed E-state index contributed by atoms with van der Waals surface area (Å²) >= 11 is 0. The minimum Gasteiger partial charge on any atom is -0.788 e. The van der Waals surface area contributed by atoms with Crippen molar-refractivity contribution in [3.63, 3.8) is 0 Å². The van der Waals surface area contributed by atoms with Gasteiger partial charge in [-0.15, -0.1) is 0 Å². The third-order valence-corrected chi connectivity index (χ3v) is 5.63. The molecule has 0 aliphatic heterocycles. The molecule has 1 N–H and O–H groups in total. The van der Waals surface area contributed by atoms with Crippen molar-refractivity contribution in [2.75, 3.05) is 6.54 Å². The summed E-state index contributed by atoms with van der Waals surface area (Å²) in [7, 11) is 0. The van der Waals surface area contributed by atoms with Crippen LogP contribution < -0.4 is 5.48 Å². The molecule has 0 aromatic heterocycles. The summed E-state index contributed by atoms with van der Waals surface area (Å²) in [5, 5.41) is 10.1. The number of nitrogens with one attached hydrogen (secondary N) is 1. The Kier molecular flexibility index (Phi) is 24.8.